The zero-order valence-electron chi connectivity index (χ0n) is 27.7. The summed E-state index contributed by atoms with van der Waals surface area (Å²) in [5, 5.41) is 1.84. The number of hydrogen-bond donors (Lipinski definition) is 1. The second-order valence-electron chi connectivity index (χ2n) is 12.3. The van der Waals surface area contributed by atoms with E-state index in [0.717, 1.165) is 10.4 Å². The minimum Gasteiger partial charge on any atom is -0.493 e. The van der Waals surface area contributed by atoms with Gasteiger partial charge in [-0.25, -0.2) is 9.59 Å². The normalized spacial score (nSPS) is 17.9. The maximum Gasteiger partial charge on any atom is 0.338 e. The van der Waals surface area contributed by atoms with Crippen molar-refractivity contribution >= 4 is 47.3 Å². The zero-order chi connectivity index (χ0) is 34.6. The first-order valence-corrected chi connectivity index (χ1v) is 18.3. The number of halogens is 1. The van der Waals surface area contributed by atoms with Crippen LogP contribution in [0.1, 0.15) is 43.8 Å². The molecule has 254 valence electrons. The molecule has 1 saturated heterocycles. The lowest BCUT2D eigenvalue weighted by molar-refractivity contribution is -0.0493. The Kier molecular flexibility index (Phi) is 10.8. The number of ether oxygens (including phenoxy) is 5. The number of aromatic nitrogens is 2. The van der Waals surface area contributed by atoms with Crippen molar-refractivity contribution in [2.24, 2.45) is 0 Å². The highest BCUT2D eigenvalue weighted by Crippen LogP contribution is 2.40. The predicted molar refractivity (Wildman–Crippen MR) is 191 cm³/mol. The standard InChI is InChI=1S/C35H39IN2O9Si/c1-35(2,3)48(23-13-9-7-10-14-23,24-15-11-8-12-16-24)45-21-29-26(19-30(46-29)38-20-25(36)32(39)37-34(38)41)47-33(40)22-17-27(42-4)31(44-6)28(18-22)43-5/h7-18,20,26,29-30H,19,21H2,1-6H3,(H,37,39,41)/t26-,29+,30?/m0/s1. The SMILES string of the molecule is COc1cc(C(=O)O[C@H]2CC(n3cc(I)c(=O)[nH]c3=O)O[C@@H]2CO[Si](c2ccccc2)(c2ccccc2)C(C)(C)C)cc(OC)c1OC. The molecular weight excluding hydrogens is 747 g/mol. The van der Waals surface area contributed by atoms with Crippen LogP contribution in [0.2, 0.25) is 5.04 Å². The average molecular weight is 787 g/mol. The van der Waals surface area contributed by atoms with Gasteiger partial charge in [0.25, 0.3) is 13.9 Å². The number of aromatic amines is 1. The number of carbonyl (C=O) groups excluding carboxylic acids is 1. The van der Waals surface area contributed by atoms with E-state index in [9.17, 15) is 14.4 Å². The molecule has 3 atom stereocenters. The minimum atomic E-state index is -3.00. The predicted octanol–water partition coefficient (Wildman–Crippen LogP) is 4.26. The van der Waals surface area contributed by atoms with Gasteiger partial charge in [-0.3, -0.25) is 14.3 Å². The number of esters is 1. The van der Waals surface area contributed by atoms with Crippen LogP contribution in [0.5, 0.6) is 17.2 Å². The van der Waals surface area contributed by atoms with Crippen molar-refractivity contribution in [3.05, 3.63) is 109 Å². The van der Waals surface area contributed by atoms with E-state index in [0.29, 0.717) is 20.8 Å². The molecule has 1 aromatic heterocycles. The van der Waals surface area contributed by atoms with Crippen molar-refractivity contribution in [2.75, 3.05) is 27.9 Å². The van der Waals surface area contributed by atoms with Crippen LogP contribution in [0.15, 0.2) is 88.6 Å². The van der Waals surface area contributed by atoms with E-state index in [1.54, 1.807) is 0 Å². The van der Waals surface area contributed by atoms with Gasteiger partial charge in [-0.05, 0) is 50.1 Å². The van der Waals surface area contributed by atoms with Gasteiger partial charge in [-0.1, -0.05) is 81.4 Å². The van der Waals surface area contributed by atoms with Crippen LogP contribution in [0.25, 0.3) is 0 Å². The molecule has 13 heteroatoms. The molecule has 0 saturated carbocycles. The Labute approximate surface area is 293 Å². The van der Waals surface area contributed by atoms with Gasteiger partial charge in [-0.2, -0.15) is 0 Å². The second kappa shape index (κ2) is 14.7. The Bertz CT molecular complexity index is 1790. The van der Waals surface area contributed by atoms with Crippen LogP contribution >= 0.6 is 22.6 Å². The minimum absolute atomic E-state index is 0.0617. The molecule has 0 radical (unpaired) electrons. The van der Waals surface area contributed by atoms with Crippen molar-refractivity contribution in [3.63, 3.8) is 0 Å². The largest absolute Gasteiger partial charge is 0.493 e. The van der Waals surface area contributed by atoms with Crippen molar-refractivity contribution < 1.29 is 32.9 Å². The molecule has 0 spiro atoms. The van der Waals surface area contributed by atoms with Crippen molar-refractivity contribution in [1.82, 2.24) is 9.55 Å². The third kappa shape index (κ3) is 6.95. The summed E-state index contributed by atoms with van der Waals surface area (Å²) in [5.41, 5.74) is -0.948. The second-order valence-corrected chi connectivity index (χ2v) is 17.8. The number of carbonyl (C=O) groups is 1. The molecule has 0 bridgehead atoms. The number of benzene rings is 3. The Hall–Kier alpha value is -3.92. The first kappa shape index (κ1) is 35.4. The van der Waals surface area contributed by atoms with Gasteiger partial charge in [0, 0.05) is 12.6 Å². The summed E-state index contributed by atoms with van der Waals surface area (Å²) >= 11 is 1.86. The summed E-state index contributed by atoms with van der Waals surface area (Å²) in [6.45, 7) is 6.57. The van der Waals surface area contributed by atoms with Crippen LogP contribution in [0.3, 0.4) is 0 Å². The summed E-state index contributed by atoms with van der Waals surface area (Å²) < 4.78 is 37.6. The Morgan fingerprint density at radius 3 is 2.00 bits per heavy atom. The van der Waals surface area contributed by atoms with E-state index in [2.05, 4.69) is 50.0 Å². The van der Waals surface area contributed by atoms with Gasteiger partial charge in [0.15, 0.2) is 11.5 Å². The molecule has 1 fully saturated rings. The summed E-state index contributed by atoms with van der Waals surface area (Å²) in [6, 6.07) is 23.4. The van der Waals surface area contributed by atoms with E-state index >= 15 is 0 Å². The number of hydrogen-bond acceptors (Lipinski definition) is 9. The third-order valence-corrected chi connectivity index (χ3v) is 14.2. The molecule has 2 heterocycles. The van der Waals surface area contributed by atoms with Gasteiger partial charge < -0.3 is 28.1 Å². The van der Waals surface area contributed by atoms with Gasteiger partial charge in [-0.15, -0.1) is 0 Å². The summed E-state index contributed by atoms with van der Waals surface area (Å²) in [4.78, 5) is 41.1. The Balaban J connectivity index is 1.53. The molecular formula is C35H39IN2O9Si. The average Bonchev–Trinajstić information content (AvgIpc) is 3.48. The fourth-order valence-electron chi connectivity index (χ4n) is 6.19. The fourth-order valence-corrected chi connectivity index (χ4v) is 11.2. The van der Waals surface area contributed by atoms with Crippen molar-refractivity contribution in [2.45, 2.75) is 50.7 Å². The topological polar surface area (TPSA) is 127 Å². The molecule has 1 N–H and O–H groups in total. The monoisotopic (exact) mass is 786 g/mol. The lowest BCUT2D eigenvalue weighted by Crippen LogP contribution is -2.67. The molecule has 5 rings (SSSR count). The molecule has 11 nitrogen and oxygen atoms in total. The highest BCUT2D eigenvalue weighted by atomic mass is 127. The number of H-pyrrole nitrogens is 1. The molecule has 48 heavy (non-hydrogen) atoms. The summed E-state index contributed by atoms with van der Waals surface area (Å²) in [6.07, 6.45) is -0.855. The summed E-state index contributed by atoms with van der Waals surface area (Å²) in [7, 11) is 1.40. The molecule has 4 aromatic rings. The Morgan fingerprint density at radius 2 is 1.50 bits per heavy atom. The van der Waals surface area contributed by atoms with Gasteiger partial charge in [0.1, 0.15) is 18.4 Å². The Morgan fingerprint density at radius 1 is 0.938 bits per heavy atom. The van der Waals surface area contributed by atoms with E-state index in [-0.39, 0.29) is 23.6 Å². The highest BCUT2D eigenvalue weighted by Gasteiger charge is 2.51. The maximum absolute atomic E-state index is 13.7. The maximum atomic E-state index is 13.7. The molecule has 0 aliphatic carbocycles. The van der Waals surface area contributed by atoms with Crippen molar-refractivity contribution in [1.29, 1.82) is 0 Å². The first-order valence-electron chi connectivity index (χ1n) is 15.4. The van der Waals surface area contributed by atoms with E-state index in [1.807, 2.05) is 59.0 Å². The fraction of sp³-hybridized carbons (Fsp3) is 0.343. The van der Waals surface area contributed by atoms with E-state index < -0.39 is 44.0 Å². The highest BCUT2D eigenvalue weighted by molar-refractivity contribution is 14.1. The van der Waals surface area contributed by atoms with Gasteiger partial charge >= 0.3 is 11.7 Å². The number of rotatable bonds is 11. The number of nitrogens with one attached hydrogen (secondary N) is 1. The molecule has 3 aromatic carbocycles. The van der Waals surface area contributed by atoms with Crippen LogP contribution in [-0.2, 0) is 13.9 Å². The first-order chi connectivity index (χ1) is 22.9. The van der Waals surface area contributed by atoms with Crippen LogP contribution in [0, 0.1) is 3.57 Å². The zero-order valence-corrected chi connectivity index (χ0v) is 30.8. The smallest absolute Gasteiger partial charge is 0.338 e. The lowest BCUT2D eigenvalue weighted by atomic mass is 10.1. The lowest BCUT2D eigenvalue weighted by Gasteiger charge is -2.43. The van der Waals surface area contributed by atoms with Crippen molar-refractivity contribution in [3.8, 4) is 17.2 Å². The van der Waals surface area contributed by atoms with Gasteiger partial charge in [0.05, 0.1) is 37.1 Å². The van der Waals surface area contributed by atoms with Crippen LogP contribution in [0.4, 0.5) is 0 Å². The van der Waals surface area contributed by atoms with Gasteiger partial charge in [0.2, 0.25) is 5.75 Å². The molecule has 1 unspecified atom stereocenters. The van der Waals surface area contributed by atoms with E-state index in [1.165, 1.54) is 44.2 Å². The molecule has 1 aliphatic rings. The number of nitrogens with zero attached hydrogens (tertiary/aromatic N) is 1. The van der Waals surface area contributed by atoms with Crippen LogP contribution in [-0.4, -0.2) is 64.0 Å². The van der Waals surface area contributed by atoms with Crippen LogP contribution < -0.4 is 35.8 Å². The quantitative estimate of drug-likeness (QED) is 0.135. The third-order valence-electron chi connectivity index (χ3n) is 8.45. The summed E-state index contributed by atoms with van der Waals surface area (Å²) in [5.74, 6) is 0.280. The number of methoxy groups -OCH3 is 3. The molecule has 1 aliphatic heterocycles. The van der Waals surface area contributed by atoms with E-state index in [4.69, 9.17) is 28.1 Å². The molecule has 0 amide bonds.